The number of hydrogen-bond acceptors (Lipinski definition) is 2. The zero-order valence-corrected chi connectivity index (χ0v) is 14.1. The quantitative estimate of drug-likeness (QED) is 0.796. The molecule has 0 saturated carbocycles. The first kappa shape index (κ1) is 15.2. The number of nitrogens with one attached hydrogen (secondary N) is 2. The Labute approximate surface area is 124 Å². The summed E-state index contributed by atoms with van der Waals surface area (Å²) in [7, 11) is 0. The van der Waals surface area contributed by atoms with Gasteiger partial charge in [0.1, 0.15) is 0 Å². The van der Waals surface area contributed by atoms with Crippen LogP contribution in [0, 0.1) is 12.8 Å². The van der Waals surface area contributed by atoms with Gasteiger partial charge in [0.15, 0.2) is 0 Å². The van der Waals surface area contributed by atoms with Crippen LogP contribution in [0.15, 0.2) is 12.1 Å². The van der Waals surface area contributed by atoms with Crippen molar-refractivity contribution < 1.29 is 0 Å². The highest BCUT2D eigenvalue weighted by Crippen LogP contribution is 2.46. The van der Waals surface area contributed by atoms with E-state index >= 15 is 0 Å². The van der Waals surface area contributed by atoms with Gasteiger partial charge in [0.2, 0.25) is 0 Å². The van der Waals surface area contributed by atoms with Crippen LogP contribution in [0.4, 0.5) is 11.4 Å². The van der Waals surface area contributed by atoms with E-state index in [-0.39, 0.29) is 5.54 Å². The van der Waals surface area contributed by atoms with Gasteiger partial charge in [0.05, 0.1) is 0 Å². The normalized spacial score (nSPS) is 29.0. The van der Waals surface area contributed by atoms with Crippen molar-refractivity contribution in [2.75, 3.05) is 10.6 Å². The van der Waals surface area contributed by atoms with E-state index in [0.29, 0.717) is 17.9 Å². The van der Waals surface area contributed by atoms with Crippen molar-refractivity contribution in [1.29, 1.82) is 0 Å². The van der Waals surface area contributed by atoms with Gasteiger partial charge in [-0.3, -0.25) is 0 Å². The Morgan fingerprint density at radius 2 is 1.95 bits per heavy atom. The molecule has 1 heterocycles. The summed E-state index contributed by atoms with van der Waals surface area (Å²) in [5, 5.41) is 7.36. The molecule has 0 amide bonds. The van der Waals surface area contributed by atoms with Crippen molar-refractivity contribution in [3.05, 3.63) is 23.3 Å². The van der Waals surface area contributed by atoms with Gasteiger partial charge in [-0.1, -0.05) is 20.8 Å². The maximum absolute atomic E-state index is 3.82. The van der Waals surface area contributed by atoms with E-state index < -0.39 is 0 Å². The molecule has 0 aromatic heterocycles. The Morgan fingerprint density at radius 1 is 1.30 bits per heavy atom. The summed E-state index contributed by atoms with van der Waals surface area (Å²) in [6.07, 6.45) is 1.16. The number of anilines is 2. The van der Waals surface area contributed by atoms with Crippen molar-refractivity contribution >= 4 is 11.4 Å². The lowest BCUT2D eigenvalue weighted by molar-refractivity contribution is 0.284. The van der Waals surface area contributed by atoms with Crippen molar-refractivity contribution in [3.63, 3.8) is 0 Å². The molecule has 1 aliphatic heterocycles. The SMILES string of the molecule is CCC1(C)Nc2c(C)cc(NC(C)C)cc2C(C)C1C. The summed E-state index contributed by atoms with van der Waals surface area (Å²) in [5.74, 6) is 1.22. The van der Waals surface area contributed by atoms with Crippen LogP contribution < -0.4 is 10.6 Å². The molecule has 0 aliphatic carbocycles. The second-order valence-corrected chi connectivity index (χ2v) is 7.03. The molecule has 112 valence electrons. The summed E-state index contributed by atoms with van der Waals surface area (Å²) in [6, 6.07) is 5.08. The standard InChI is InChI=1S/C18H30N2/c1-8-18(7)14(6)13(5)16-10-15(19-11(2)3)9-12(4)17(16)20-18/h9-11,13-14,19-20H,8H2,1-7H3. The van der Waals surface area contributed by atoms with Gasteiger partial charge in [0.25, 0.3) is 0 Å². The fourth-order valence-electron chi connectivity index (χ4n) is 3.39. The second kappa shape index (κ2) is 5.31. The third kappa shape index (κ3) is 2.53. The summed E-state index contributed by atoms with van der Waals surface area (Å²) >= 11 is 0. The Balaban J connectivity index is 2.47. The van der Waals surface area contributed by atoms with E-state index in [2.05, 4.69) is 71.2 Å². The molecule has 2 nitrogen and oxygen atoms in total. The van der Waals surface area contributed by atoms with Crippen LogP contribution >= 0.6 is 0 Å². The third-order valence-electron chi connectivity index (χ3n) is 5.21. The van der Waals surface area contributed by atoms with Gasteiger partial charge in [-0.2, -0.15) is 0 Å². The van der Waals surface area contributed by atoms with Crippen LogP contribution in [-0.2, 0) is 0 Å². The largest absolute Gasteiger partial charge is 0.383 e. The summed E-state index contributed by atoms with van der Waals surface area (Å²) < 4.78 is 0. The molecule has 20 heavy (non-hydrogen) atoms. The van der Waals surface area contributed by atoms with Crippen molar-refractivity contribution in [2.24, 2.45) is 5.92 Å². The van der Waals surface area contributed by atoms with E-state index in [4.69, 9.17) is 0 Å². The molecule has 0 fully saturated rings. The summed E-state index contributed by atoms with van der Waals surface area (Å²) in [6.45, 7) is 16.0. The molecule has 2 rings (SSSR count). The van der Waals surface area contributed by atoms with Gasteiger partial charge in [-0.05, 0) is 69.2 Å². The molecule has 0 radical (unpaired) electrons. The van der Waals surface area contributed by atoms with E-state index in [0.717, 1.165) is 6.42 Å². The molecule has 1 aliphatic rings. The molecule has 1 aromatic carbocycles. The number of hydrogen-bond donors (Lipinski definition) is 2. The Hall–Kier alpha value is -1.18. The summed E-state index contributed by atoms with van der Waals surface area (Å²) in [4.78, 5) is 0. The van der Waals surface area contributed by atoms with Gasteiger partial charge < -0.3 is 10.6 Å². The molecule has 0 spiro atoms. The van der Waals surface area contributed by atoms with Crippen LogP contribution in [0.1, 0.15) is 65.0 Å². The lowest BCUT2D eigenvalue weighted by Gasteiger charge is -2.46. The highest BCUT2D eigenvalue weighted by atomic mass is 15.0. The highest BCUT2D eigenvalue weighted by Gasteiger charge is 2.39. The molecular weight excluding hydrogens is 244 g/mol. The minimum atomic E-state index is 0.199. The van der Waals surface area contributed by atoms with Crippen LogP contribution in [0.2, 0.25) is 0 Å². The molecular formula is C18H30N2. The summed E-state index contributed by atoms with van der Waals surface area (Å²) in [5.41, 5.74) is 5.62. The first-order valence-electron chi connectivity index (χ1n) is 7.97. The Morgan fingerprint density at radius 3 is 2.50 bits per heavy atom. The Bertz CT molecular complexity index is 492. The molecule has 2 N–H and O–H groups in total. The van der Waals surface area contributed by atoms with E-state index in [1.54, 1.807) is 0 Å². The monoisotopic (exact) mass is 274 g/mol. The van der Waals surface area contributed by atoms with E-state index in [1.165, 1.54) is 22.5 Å². The van der Waals surface area contributed by atoms with Crippen LogP contribution in [0.5, 0.6) is 0 Å². The molecule has 3 unspecified atom stereocenters. The van der Waals surface area contributed by atoms with Gasteiger partial charge in [0, 0.05) is 23.0 Å². The topological polar surface area (TPSA) is 24.1 Å². The zero-order chi connectivity index (χ0) is 15.1. The van der Waals surface area contributed by atoms with E-state index in [1.807, 2.05) is 0 Å². The number of rotatable bonds is 3. The smallest absolute Gasteiger partial charge is 0.0411 e. The fraction of sp³-hybridized carbons (Fsp3) is 0.667. The molecule has 2 heteroatoms. The lowest BCUT2D eigenvalue weighted by atomic mass is 9.70. The van der Waals surface area contributed by atoms with Gasteiger partial charge in [-0.15, -0.1) is 0 Å². The Kier molecular flexibility index (Phi) is 4.04. The minimum Gasteiger partial charge on any atom is -0.383 e. The van der Waals surface area contributed by atoms with Crippen LogP contribution in [-0.4, -0.2) is 11.6 Å². The number of benzene rings is 1. The van der Waals surface area contributed by atoms with E-state index in [9.17, 15) is 0 Å². The van der Waals surface area contributed by atoms with Crippen molar-refractivity contribution in [1.82, 2.24) is 0 Å². The number of fused-ring (bicyclic) bond motifs is 1. The van der Waals surface area contributed by atoms with Crippen LogP contribution in [0.3, 0.4) is 0 Å². The van der Waals surface area contributed by atoms with Crippen molar-refractivity contribution in [2.45, 2.75) is 72.4 Å². The zero-order valence-electron chi connectivity index (χ0n) is 14.1. The van der Waals surface area contributed by atoms with Gasteiger partial charge in [-0.25, -0.2) is 0 Å². The fourth-order valence-corrected chi connectivity index (χ4v) is 3.39. The highest BCUT2D eigenvalue weighted by molar-refractivity contribution is 5.68. The second-order valence-electron chi connectivity index (χ2n) is 7.03. The van der Waals surface area contributed by atoms with Gasteiger partial charge >= 0.3 is 0 Å². The maximum Gasteiger partial charge on any atom is 0.0411 e. The molecule has 3 atom stereocenters. The van der Waals surface area contributed by atoms with Crippen LogP contribution in [0.25, 0.3) is 0 Å². The maximum atomic E-state index is 3.82. The average molecular weight is 274 g/mol. The molecule has 1 aromatic rings. The first-order valence-corrected chi connectivity index (χ1v) is 7.97. The third-order valence-corrected chi connectivity index (χ3v) is 5.21. The molecule has 0 saturated heterocycles. The average Bonchev–Trinajstić information content (AvgIpc) is 2.37. The first-order chi connectivity index (χ1) is 9.28. The number of aryl methyl sites for hydroxylation is 1. The lowest BCUT2D eigenvalue weighted by Crippen LogP contribution is -2.46. The predicted octanol–water partition coefficient (Wildman–Crippen LogP) is 5.15. The minimum absolute atomic E-state index is 0.199. The van der Waals surface area contributed by atoms with Crippen molar-refractivity contribution in [3.8, 4) is 0 Å². The molecule has 0 bridgehead atoms. The predicted molar refractivity (Wildman–Crippen MR) is 89.8 cm³/mol.